The first-order chi connectivity index (χ1) is 8.18. The molecule has 0 saturated heterocycles. The van der Waals surface area contributed by atoms with Crippen LogP contribution < -0.4 is 0 Å². The van der Waals surface area contributed by atoms with Crippen LogP contribution in [0.4, 0.5) is 0 Å². The summed E-state index contributed by atoms with van der Waals surface area (Å²) < 4.78 is 17.7. The zero-order valence-electron chi connectivity index (χ0n) is 12.4. The third-order valence-corrected chi connectivity index (χ3v) is 3.74. The molecular weight excluding hydrogens is 234 g/mol. The van der Waals surface area contributed by atoms with E-state index in [1.807, 2.05) is 34.6 Å². The van der Waals surface area contributed by atoms with Crippen LogP contribution in [0.15, 0.2) is 0 Å². The topological polar surface area (TPSA) is 53.8 Å². The van der Waals surface area contributed by atoms with Crippen LogP contribution >= 0.6 is 0 Å². The molecule has 1 aliphatic rings. The average Bonchev–Trinajstić information content (AvgIpc) is 2.42. The summed E-state index contributed by atoms with van der Waals surface area (Å²) in [5.74, 6) is -1.46. The highest BCUT2D eigenvalue weighted by Gasteiger charge is 2.64. The normalized spacial score (nSPS) is 26.2. The molecule has 0 aromatic rings. The summed E-state index contributed by atoms with van der Waals surface area (Å²) in [6.07, 6.45) is 1.67. The lowest BCUT2D eigenvalue weighted by Crippen LogP contribution is -2.57. The Morgan fingerprint density at radius 2 is 1.72 bits per heavy atom. The molecule has 0 aromatic carbocycles. The number of hydrogen-bond acceptors (Lipinski definition) is 4. The largest absolute Gasteiger partial charge is 0.624 e. The molecule has 1 atom stereocenters. The van der Waals surface area contributed by atoms with Gasteiger partial charge in [0, 0.05) is 34.7 Å². The molecule has 0 spiro atoms. The van der Waals surface area contributed by atoms with Gasteiger partial charge in [0.15, 0.2) is 11.8 Å². The molecule has 1 heterocycles. The van der Waals surface area contributed by atoms with E-state index in [0.29, 0.717) is 6.61 Å². The molecule has 0 bridgehead atoms. The van der Waals surface area contributed by atoms with Crippen LogP contribution in [0, 0.1) is 16.5 Å². The van der Waals surface area contributed by atoms with Gasteiger partial charge in [-0.2, -0.15) is 0 Å². The highest BCUT2D eigenvalue weighted by molar-refractivity contribution is 5.63. The van der Waals surface area contributed by atoms with E-state index in [4.69, 9.17) is 14.2 Å². The average molecular weight is 259 g/mol. The molecule has 1 unspecified atom stereocenters. The van der Waals surface area contributed by atoms with Gasteiger partial charge in [0.05, 0.1) is 5.41 Å². The van der Waals surface area contributed by atoms with Gasteiger partial charge in [-0.05, 0) is 20.8 Å². The second-order valence-electron chi connectivity index (χ2n) is 5.81. The molecule has 106 valence electrons. The Morgan fingerprint density at radius 3 is 2.00 bits per heavy atom. The fraction of sp³-hybridized carbons (Fsp3) is 0.923. The molecule has 0 N–H and O–H groups in total. The van der Waals surface area contributed by atoms with Gasteiger partial charge in [-0.3, -0.25) is 0 Å². The van der Waals surface area contributed by atoms with Gasteiger partial charge < -0.3 is 19.4 Å². The zero-order valence-corrected chi connectivity index (χ0v) is 12.4. The Bertz CT molecular complexity index is 332. The SMILES string of the molecule is CCOC(OC)(OC)C1C(C)(C)C=[N+]([O-])C1(C)C. The Kier molecular flexibility index (Phi) is 4.10. The van der Waals surface area contributed by atoms with Crippen LogP contribution in [0.25, 0.3) is 0 Å². The minimum atomic E-state index is -1.21. The molecule has 0 fully saturated rings. The summed E-state index contributed by atoms with van der Waals surface area (Å²) in [7, 11) is 3.08. The first-order valence-corrected chi connectivity index (χ1v) is 6.24. The Balaban J connectivity index is 3.27. The molecule has 5 nitrogen and oxygen atoms in total. The molecule has 0 aromatic heterocycles. The number of rotatable bonds is 5. The van der Waals surface area contributed by atoms with Gasteiger partial charge in [-0.1, -0.05) is 0 Å². The van der Waals surface area contributed by atoms with Crippen molar-refractivity contribution in [3.63, 3.8) is 0 Å². The first kappa shape index (κ1) is 15.4. The lowest BCUT2D eigenvalue weighted by atomic mass is 9.71. The van der Waals surface area contributed by atoms with Crippen LogP contribution in [0.5, 0.6) is 0 Å². The number of ether oxygens (including phenoxy) is 3. The van der Waals surface area contributed by atoms with Crippen LogP contribution in [-0.2, 0) is 14.2 Å². The van der Waals surface area contributed by atoms with Crippen LogP contribution in [0.3, 0.4) is 0 Å². The Morgan fingerprint density at radius 1 is 1.22 bits per heavy atom. The molecule has 0 radical (unpaired) electrons. The summed E-state index contributed by atoms with van der Waals surface area (Å²) in [4.78, 5) is 0. The van der Waals surface area contributed by atoms with E-state index >= 15 is 0 Å². The van der Waals surface area contributed by atoms with E-state index in [9.17, 15) is 5.21 Å². The fourth-order valence-electron chi connectivity index (χ4n) is 3.19. The van der Waals surface area contributed by atoms with Crippen molar-refractivity contribution in [2.75, 3.05) is 20.8 Å². The minimum Gasteiger partial charge on any atom is -0.624 e. The summed E-state index contributed by atoms with van der Waals surface area (Å²) in [6.45, 7) is 10.1. The highest BCUT2D eigenvalue weighted by Crippen LogP contribution is 2.48. The lowest BCUT2D eigenvalue weighted by molar-refractivity contribution is -0.557. The van der Waals surface area contributed by atoms with Gasteiger partial charge in [-0.15, -0.1) is 0 Å². The molecule has 0 amide bonds. The third kappa shape index (κ3) is 2.15. The molecule has 5 heteroatoms. The van der Waals surface area contributed by atoms with Crippen molar-refractivity contribution in [1.29, 1.82) is 0 Å². The van der Waals surface area contributed by atoms with Crippen molar-refractivity contribution < 1.29 is 18.9 Å². The minimum absolute atomic E-state index is 0.245. The van der Waals surface area contributed by atoms with Crippen molar-refractivity contribution in [1.82, 2.24) is 0 Å². The smallest absolute Gasteiger partial charge is 0.293 e. The van der Waals surface area contributed by atoms with E-state index in [-0.39, 0.29) is 11.3 Å². The quantitative estimate of drug-likeness (QED) is 0.430. The molecular formula is C13H25NO4. The first-order valence-electron chi connectivity index (χ1n) is 6.24. The number of nitrogens with zero attached hydrogens (tertiary/aromatic N) is 1. The maximum absolute atomic E-state index is 12.1. The van der Waals surface area contributed by atoms with E-state index in [1.54, 1.807) is 20.4 Å². The predicted molar refractivity (Wildman–Crippen MR) is 69.4 cm³/mol. The molecule has 1 aliphatic heterocycles. The standard InChI is InChI=1S/C13H25NO4/c1-8-18-13(16-6,17-7)10-11(2,3)9-14(15)12(10,4)5/h9-10H,8H2,1-7H3. The van der Waals surface area contributed by atoms with E-state index in [0.717, 1.165) is 4.74 Å². The summed E-state index contributed by atoms with van der Waals surface area (Å²) in [6, 6.07) is 0. The molecule has 18 heavy (non-hydrogen) atoms. The highest BCUT2D eigenvalue weighted by atomic mass is 16.9. The van der Waals surface area contributed by atoms with Gasteiger partial charge in [-0.25, -0.2) is 4.74 Å². The number of methoxy groups -OCH3 is 2. The van der Waals surface area contributed by atoms with Crippen molar-refractivity contribution in [2.24, 2.45) is 11.3 Å². The summed E-state index contributed by atoms with van der Waals surface area (Å²) in [5, 5.41) is 12.1. The van der Waals surface area contributed by atoms with E-state index in [2.05, 4.69) is 0 Å². The van der Waals surface area contributed by atoms with Crippen LogP contribution in [0.2, 0.25) is 0 Å². The lowest BCUT2D eigenvalue weighted by Gasteiger charge is -2.43. The molecule has 1 rings (SSSR count). The Hall–Kier alpha value is -0.650. The number of hydroxylamine groups is 1. The van der Waals surface area contributed by atoms with E-state index in [1.165, 1.54) is 0 Å². The second kappa shape index (κ2) is 4.79. The van der Waals surface area contributed by atoms with Crippen LogP contribution in [-0.4, -0.2) is 43.3 Å². The predicted octanol–water partition coefficient (Wildman–Crippen LogP) is 1.99. The monoisotopic (exact) mass is 259 g/mol. The van der Waals surface area contributed by atoms with Gasteiger partial charge in [0.25, 0.3) is 5.97 Å². The van der Waals surface area contributed by atoms with Crippen molar-refractivity contribution in [2.45, 2.75) is 46.1 Å². The summed E-state index contributed by atoms with van der Waals surface area (Å²) >= 11 is 0. The summed E-state index contributed by atoms with van der Waals surface area (Å²) in [5.41, 5.74) is -1.04. The second-order valence-corrected chi connectivity index (χ2v) is 5.81. The fourth-order valence-corrected chi connectivity index (χ4v) is 3.19. The van der Waals surface area contributed by atoms with Crippen molar-refractivity contribution in [3.05, 3.63) is 5.21 Å². The van der Waals surface area contributed by atoms with Crippen LogP contribution in [0.1, 0.15) is 34.6 Å². The van der Waals surface area contributed by atoms with Gasteiger partial charge in [0.1, 0.15) is 5.92 Å². The Labute approximate surface area is 109 Å². The third-order valence-electron chi connectivity index (χ3n) is 3.74. The zero-order chi connectivity index (χ0) is 14.2. The van der Waals surface area contributed by atoms with Crippen molar-refractivity contribution in [3.8, 4) is 0 Å². The van der Waals surface area contributed by atoms with Crippen molar-refractivity contribution >= 4 is 6.21 Å². The molecule has 0 saturated carbocycles. The number of hydrogen-bond donors (Lipinski definition) is 0. The van der Waals surface area contributed by atoms with Gasteiger partial charge >= 0.3 is 0 Å². The van der Waals surface area contributed by atoms with E-state index < -0.39 is 11.5 Å². The van der Waals surface area contributed by atoms with Gasteiger partial charge in [0.2, 0.25) is 0 Å². The maximum Gasteiger partial charge on any atom is 0.293 e. The maximum atomic E-state index is 12.1. The molecule has 0 aliphatic carbocycles.